The van der Waals surface area contributed by atoms with Crippen LogP contribution in [0.4, 0.5) is 0 Å². The molecular formula is C34H30O4. The summed E-state index contributed by atoms with van der Waals surface area (Å²) in [5.74, 6) is 1.57. The molecule has 4 nitrogen and oxygen atoms in total. The summed E-state index contributed by atoms with van der Waals surface area (Å²) in [5, 5.41) is 18.3. The lowest BCUT2D eigenvalue weighted by molar-refractivity contribution is 0.280. The van der Waals surface area contributed by atoms with Gasteiger partial charge in [-0.15, -0.1) is 0 Å². The van der Waals surface area contributed by atoms with E-state index in [1.807, 2.05) is 48.5 Å². The summed E-state index contributed by atoms with van der Waals surface area (Å²) >= 11 is 0. The number of aliphatic hydroxyl groups is 2. The highest BCUT2D eigenvalue weighted by atomic mass is 16.5. The zero-order chi connectivity index (χ0) is 26.2. The Bertz CT molecular complexity index is 1330. The molecule has 0 aliphatic heterocycles. The zero-order valence-corrected chi connectivity index (χ0v) is 21.1. The van der Waals surface area contributed by atoms with Crippen molar-refractivity contribution in [2.75, 3.05) is 0 Å². The molecule has 5 aromatic carbocycles. The van der Waals surface area contributed by atoms with Gasteiger partial charge >= 0.3 is 0 Å². The minimum absolute atomic E-state index is 0.0336. The summed E-state index contributed by atoms with van der Waals surface area (Å²) in [7, 11) is 0. The highest BCUT2D eigenvalue weighted by Gasteiger charge is 2.04. The van der Waals surface area contributed by atoms with Crippen LogP contribution in [0.3, 0.4) is 0 Å². The SMILES string of the molecule is OCc1ccc(OCc2ccc(-c3cccc(-c4ccc(COc5ccc(CO)cc5)cc4)c3)cc2)cc1. The van der Waals surface area contributed by atoms with Crippen molar-refractivity contribution in [1.29, 1.82) is 0 Å². The smallest absolute Gasteiger partial charge is 0.119 e. The molecule has 0 aromatic heterocycles. The van der Waals surface area contributed by atoms with E-state index in [4.69, 9.17) is 19.7 Å². The maximum Gasteiger partial charge on any atom is 0.119 e. The Morgan fingerprint density at radius 1 is 0.395 bits per heavy atom. The number of aliphatic hydroxyl groups excluding tert-OH is 2. The van der Waals surface area contributed by atoms with Gasteiger partial charge in [-0.05, 0) is 74.8 Å². The second kappa shape index (κ2) is 12.2. The molecule has 0 aliphatic carbocycles. The van der Waals surface area contributed by atoms with Crippen molar-refractivity contribution in [2.45, 2.75) is 26.4 Å². The lowest BCUT2D eigenvalue weighted by atomic mass is 9.98. The monoisotopic (exact) mass is 502 g/mol. The van der Waals surface area contributed by atoms with Crippen LogP contribution in [0.2, 0.25) is 0 Å². The van der Waals surface area contributed by atoms with Gasteiger partial charge in [0.15, 0.2) is 0 Å². The van der Waals surface area contributed by atoms with Crippen LogP contribution >= 0.6 is 0 Å². The van der Waals surface area contributed by atoms with E-state index in [9.17, 15) is 0 Å². The van der Waals surface area contributed by atoms with E-state index in [-0.39, 0.29) is 13.2 Å². The third-order valence-corrected chi connectivity index (χ3v) is 6.46. The molecular weight excluding hydrogens is 472 g/mol. The molecule has 5 rings (SSSR count). The molecule has 190 valence electrons. The van der Waals surface area contributed by atoms with E-state index in [2.05, 4.69) is 72.8 Å². The molecule has 0 spiro atoms. The summed E-state index contributed by atoms with van der Waals surface area (Å²) in [6.45, 7) is 1.04. The van der Waals surface area contributed by atoms with Crippen molar-refractivity contribution in [3.63, 3.8) is 0 Å². The van der Waals surface area contributed by atoms with E-state index in [0.717, 1.165) is 56.0 Å². The normalized spacial score (nSPS) is 10.8. The van der Waals surface area contributed by atoms with Crippen molar-refractivity contribution in [3.8, 4) is 33.8 Å². The average Bonchev–Trinajstić information content (AvgIpc) is 3.00. The maximum atomic E-state index is 9.17. The predicted molar refractivity (Wildman–Crippen MR) is 151 cm³/mol. The zero-order valence-electron chi connectivity index (χ0n) is 21.1. The minimum atomic E-state index is 0.0336. The van der Waals surface area contributed by atoms with Gasteiger partial charge in [-0.25, -0.2) is 0 Å². The van der Waals surface area contributed by atoms with Crippen LogP contribution in [-0.2, 0) is 26.4 Å². The number of hydrogen-bond donors (Lipinski definition) is 2. The van der Waals surface area contributed by atoms with Gasteiger partial charge in [-0.2, -0.15) is 0 Å². The lowest BCUT2D eigenvalue weighted by Crippen LogP contribution is -1.96. The molecule has 0 aliphatic rings. The number of benzene rings is 5. The Hall–Kier alpha value is -4.38. The molecule has 0 bridgehead atoms. The van der Waals surface area contributed by atoms with Crippen LogP contribution in [0.15, 0.2) is 121 Å². The largest absolute Gasteiger partial charge is 0.489 e. The Labute approximate surface area is 223 Å². The van der Waals surface area contributed by atoms with Gasteiger partial charge in [0.25, 0.3) is 0 Å². The van der Waals surface area contributed by atoms with E-state index >= 15 is 0 Å². The van der Waals surface area contributed by atoms with Crippen molar-refractivity contribution in [3.05, 3.63) is 144 Å². The van der Waals surface area contributed by atoms with Gasteiger partial charge in [0, 0.05) is 0 Å². The van der Waals surface area contributed by atoms with Crippen LogP contribution in [-0.4, -0.2) is 10.2 Å². The Morgan fingerprint density at radius 3 is 1.13 bits per heavy atom. The van der Waals surface area contributed by atoms with Gasteiger partial charge in [-0.1, -0.05) is 91.0 Å². The maximum absolute atomic E-state index is 9.17. The van der Waals surface area contributed by atoms with E-state index in [1.54, 1.807) is 0 Å². The molecule has 4 heteroatoms. The van der Waals surface area contributed by atoms with Crippen LogP contribution in [0, 0.1) is 0 Å². The number of hydrogen-bond acceptors (Lipinski definition) is 4. The third-order valence-electron chi connectivity index (χ3n) is 6.46. The molecule has 0 heterocycles. The van der Waals surface area contributed by atoms with Crippen molar-refractivity contribution >= 4 is 0 Å². The fraction of sp³-hybridized carbons (Fsp3) is 0.118. The molecule has 0 fully saturated rings. The van der Waals surface area contributed by atoms with Crippen LogP contribution in [0.1, 0.15) is 22.3 Å². The predicted octanol–water partition coefficient (Wildman–Crippen LogP) is 7.16. The topological polar surface area (TPSA) is 58.9 Å². The summed E-state index contributed by atoms with van der Waals surface area (Å²) in [6, 6.07) is 40.4. The summed E-state index contributed by atoms with van der Waals surface area (Å²) < 4.78 is 11.8. The van der Waals surface area contributed by atoms with E-state index < -0.39 is 0 Å². The van der Waals surface area contributed by atoms with E-state index in [1.165, 1.54) is 0 Å². The average molecular weight is 503 g/mol. The first kappa shape index (κ1) is 25.3. The molecule has 0 atom stereocenters. The van der Waals surface area contributed by atoms with Gasteiger partial charge in [0.2, 0.25) is 0 Å². The van der Waals surface area contributed by atoms with E-state index in [0.29, 0.717) is 13.2 Å². The first-order chi connectivity index (χ1) is 18.7. The lowest BCUT2D eigenvalue weighted by Gasteiger charge is -2.10. The summed E-state index contributed by atoms with van der Waals surface area (Å²) in [5.41, 5.74) is 8.56. The fourth-order valence-corrected chi connectivity index (χ4v) is 4.18. The van der Waals surface area contributed by atoms with Crippen molar-refractivity contribution < 1.29 is 19.7 Å². The summed E-state index contributed by atoms with van der Waals surface area (Å²) in [6.07, 6.45) is 0. The first-order valence-corrected chi connectivity index (χ1v) is 12.6. The molecule has 0 amide bonds. The molecule has 0 saturated heterocycles. The molecule has 5 aromatic rings. The second-order valence-corrected chi connectivity index (χ2v) is 9.16. The molecule has 2 N–H and O–H groups in total. The second-order valence-electron chi connectivity index (χ2n) is 9.16. The van der Waals surface area contributed by atoms with Gasteiger partial charge in [-0.3, -0.25) is 0 Å². The minimum Gasteiger partial charge on any atom is -0.489 e. The van der Waals surface area contributed by atoms with Gasteiger partial charge in [0.1, 0.15) is 24.7 Å². The van der Waals surface area contributed by atoms with Crippen LogP contribution in [0.25, 0.3) is 22.3 Å². The van der Waals surface area contributed by atoms with Crippen LogP contribution in [0.5, 0.6) is 11.5 Å². The Kier molecular flexibility index (Phi) is 8.14. The molecule has 38 heavy (non-hydrogen) atoms. The Morgan fingerprint density at radius 2 is 0.763 bits per heavy atom. The quantitative estimate of drug-likeness (QED) is 0.213. The first-order valence-electron chi connectivity index (χ1n) is 12.6. The Balaban J connectivity index is 1.20. The molecule has 0 saturated carbocycles. The van der Waals surface area contributed by atoms with Gasteiger partial charge in [0.05, 0.1) is 13.2 Å². The van der Waals surface area contributed by atoms with Crippen molar-refractivity contribution in [2.24, 2.45) is 0 Å². The van der Waals surface area contributed by atoms with Crippen molar-refractivity contribution in [1.82, 2.24) is 0 Å². The standard InChI is InChI=1S/C34H30O4/c35-21-25-8-16-33(17-9-25)37-23-27-4-12-29(13-5-27)31-2-1-3-32(20-31)30-14-6-28(7-15-30)24-38-34-18-10-26(22-36)11-19-34/h1-20,35-36H,21-24H2. The fourth-order valence-electron chi connectivity index (χ4n) is 4.18. The molecule has 0 radical (unpaired) electrons. The third kappa shape index (κ3) is 6.48. The summed E-state index contributed by atoms with van der Waals surface area (Å²) in [4.78, 5) is 0. The molecule has 0 unspecified atom stereocenters. The number of ether oxygens (including phenoxy) is 2. The van der Waals surface area contributed by atoms with Crippen LogP contribution < -0.4 is 9.47 Å². The highest BCUT2D eigenvalue weighted by Crippen LogP contribution is 2.27. The number of rotatable bonds is 10. The van der Waals surface area contributed by atoms with Gasteiger partial charge < -0.3 is 19.7 Å². The highest BCUT2D eigenvalue weighted by molar-refractivity contribution is 5.73.